The molecule has 1 N–H and O–H groups in total. The molecule has 5 heteroatoms. The van der Waals surface area contributed by atoms with Crippen LogP contribution in [0.5, 0.6) is 0 Å². The van der Waals surface area contributed by atoms with Crippen LogP contribution in [0.25, 0.3) is 11.4 Å². The summed E-state index contributed by atoms with van der Waals surface area (Å²) in [5, 5.41) is 7.40. The molecule has 3 unspecified atom stereocenters. The monoisotopic (exact) mass is 510 g/mol. The third kappa shape index (κ3) is 9.13. The van der Waals surface area contributed by atoms with E-state index in [9.17, 15) is 0 Å². The van der Waals surface area contributed by atoms with Crippen LogP contribution in [-0.4, -0.2) is 27.2 Å². The average molecular weight is 511 g/mol. The van der Waals surface area contributed by atoms with Crippen molar-refractivity contribution in [2.45, 2.75) is 46.0 Å². The predicted molar refractivity (Wildman–Crippen MR) is 141 cm³/mol. The van der Waals surface area contributed by atoms with E-state index in [1.807, 2.05) is 14.1 Å². The zero-order valence-corrected chi connectivity index (χ0v) is 23.5. The van der Waals surface area contributed by atoms with Gasteiger partial charge in [0.05, 0.1) is 0 Å². The van der Waals surface area contributed by atoms with E-state index >= 15 is 0 Å². The minimum atomic E-state index is -0.556. The third-order valence-corrected chi connectivity index (χ3v) is 6.43. The van der Waals surface area contributed by atoms with Crippen LogP contribution in [0.1, 0.15) is 49.8 Å². The molecule has 0 bridgehead atoms. The van der Waals surface area contributed by atoms with Crippen LogP contribution in [0.15, 0.2) is 47.6 Å². The SMILES string of the molecule is CNCCc1cccc2c1CC(C)=C2.C[N-]CCC1=CC=CC2CC(C)CC12.[CH3-].[Cl][Ti][Cl]. The molecule has 0 saturated heterocycles. The molecule has 3 aliphatic rings. The number of likely N-dealkylation sites (N-methyl/N-ethyl adjacent to an activating group) is 1. The number of benzene rings is 1. The number of rotatable bonds is 6. The van der Waals surface area contributed by atoms with Gasteiger partial charge in [-0.15, -0.1) is 6.54 Å². The van der Waals surface area contributed by atoms with Gasteiger partial charge in [-0.05, 0) is 80.6 Å². The Morgan fingerprint density at radius 1 is 1.19 bits per heavy atom. The third-order valence-electron chi connectivity index (χ3n) is 6.43. The summed E-state index contributed by atoms with van der Waals surface area (Å²) in [4.78, 5) is 0. The Labute approximate surface area is 214 Å². The maximum atomic E-state index is 4.89. The number of fused-ring (bicyclic) bond motifs is 2. The molecule has 0 aromatic heterocycles. The fourth-order valence-corrected chi connectivity index (χ4v) is 5.02. The Morgan fingerprint density at radius 3 is 2.62 bits per heavy atom. The molecular formula is C27H40Cl2N2Ti-2. The summed E-state index contributed by atoms with van der Waals surface area (Å²) in [7, 11) is 13.7. The fraction of sp³-hybridized carbons (Fsp3) is 0.519. The molecule has 1 fully saturated rings. The van der Waals surface area contributed by atoms with Crippen molar-refractivity contribution in [3.63, 3.8) is 0 Å². The van der Waals surface area contributed by atoms with Crippen molar-refractivity contribution in [2.75, 3.05) is 27.2 Å². The average Bonchev–Trinajstić information content (AvgIpc) is 3.33. The number of allylic oxidation sites excluding steroid dienone is 4. The van der Waals surface area contributed by atoms with Gasteiger partial charge in [-0.1, -0.05) is 67.0 Å². The summed E-state index contributed by atoms with van der Waals surface area (Å²) in [5.74, 6) is 2.59. The Bertz CT molecular complexity index is 773. The first-order valence-corrected chi connectivity index (χ1v) is 15.6. The molecule has 3 aliphatic carbocycles. The van der Waals surface area contributed by atoms with Crippen molar-refractivity contribution >= 4 is 24.7 Å². The number of halogens is 2. The van der Waals surface area contributed by atoms with Crippen molar-refractivity contribution in [1.29, 1.82) is 0 Å². The van der Waals surface area contributed by atoms with E-state index in [4.69, 9.17) is 18.6 Å². The second-order valence-electron chi connectivity index (χ2n) is 8.84. The predicted octanol–water partition coefficient (Wildman–Crippen LogP) is 7.77. The standard InChI is InChI=1S/C13H20N.C13H17N.CH3.2ClH.Ti/c2*1-10-8-12-5-3-4-11(6-7-14-2)13(12)9-10;;;;/h3-5,10,12-13H,6-9H2,1-2H3;3-5,8,14H,6-7,9H2,1-2H3;1H3;2*1H;/q-1;;-1;;;+2/p-2. The van der Waals surface area contributed by atoms with Gasteiger partial charge >= 0.3 is 35.6 Å². The quantitative estimate of drug-likeness (QED) is 0.307. The molecule has 1 aromatic carbocycles. The minimum absolute atomic E-state index is 0. The Balaban J connectivity index is 0.000000278. The second kappa shape index (κ2) is 16.3. The molecule has 1 saturated carbocycles. The summed E-state index contributed by atoms with van der Waals surface area (Å²) in [5.41, 5.74) is 7.60. The van der Waals surface area contributed by atoms with Crippen LogP contribution in [-0.2, 0) is 29.9 Å². The zero-order chi connectivity index (χ0) is 22.6. The normalized spacial score (nSPS) is 22.1. The Kier molecular flexibility index (Phi) is 15.1. The van der Waals surface area contributed by atoms with Crippen molar-refractivity contribution in [2.24, 2.45) is 17.8 Å². The number of nitrogens with one attached hydrogen (secondary N) is 1. The molecule has 0 heterocycles. The molecule has 0 aliphatic heterocycles. The van der Waals surface area contributed by atoms with E-state index in [-0.39, 0.29) is 7.43 Å². The first-order valence-electron chi connectivity index (χ1n) is 11.4. The van der Waals surface area contributed by atoms with E-state index in [1.54, 1.807) is 11.1 Å². The molecule has 178 valence electrons. The summed E-state index contributed by atoms with van der Waals surface area (Å²) < 4.78 is 0. The molecule has 4 rings (SSSR count). The van der Waals surface area contributed by atoms with Crippen LogP contribution in [0.4, 0.5) is 0 Å². The van der Waals surface area contributed by atoms with E-state index in [1.165, 1.54) is 36.0 Å². The van der Waals surface area contributed by atoms with E-state index < -0.39 is 17.0 Å². The van der Waals surface area contributed by atoms with Gasteiger partial charge in [0.15, 0.2) is 0 Å². The molecular weight excluding hydrogens is 471 g/mol. The van der Waals surface area contributed by atoms with Crippen LogP contribution in [0.2, 0.25) is 0 Å². The van der Waals surface area contributed by atoms with Gasteiger partial charge in [-0.25, -0.2) is 0 Å². The van der Waals surface area contributed by atoms with Gasteiger partial charge in [0.25, 0.3) is 0 Å². The first kappa shape index (κ1) is 29.7. The molecule has 2 nitrogen and oxygen atoms in total. The zero-order valence-electron chi connectivity index (χ0n) is 20.4. The molecule has 3 atom stereocenters. The van der Waals surface area contributed by atoms with Gasteiger partial charge in [0.2, 0.25) is 0 Å². The number of nitrogens with zero attached hydrogens (tertiary/aromatic N) is 1. The Hall–Kier alpha value is -0.346. The van der Waals surface area contributed by atoms with Crippen molar-refractivity contribution < 1.29 is 17.0 Å². The topological polar surface area (TPSA) is 26.1 Å². The van der Waals surface area contributed by atoms with Gasteiger partial charge in [-0.3, -0.25) is 0 Å². The number of hydrogen-bond donors (Lipinski definition) is 1. The van der Waals surface area contributed by atoms with Gasteiger partial charge in [0.1, 0.15) is 0 Å². The van der Waals surface area contributed by atoms with Crippen molar-refractivity contribution in [3.8, 4) is 0 Å². The summed E-state index contributed by atoms with van der Waals surface area (Å²) >= 11 is -0.556. The molecule has 0 amide bonds. The van der Waals surface area contributed by atoms with E-state index in [0.717, 1.165) is 43.7 Å². The first-order chi connectivity index (χ1) is 15.0. The van der Waals surface area contributed by atoms with Crippen LogP contribution in [0.3, 0.4) is 0 Å². The number of hydrogen-bond acceptors (Lipinski definition) is 1. The molecule has 0 spiro atoms. The second-order valence-corrected chi connectivity index (χ2v) is 11.4. The molecule has 1 aromatic rings. The molecule has 0 radical (unpaired) electrons. The van der Waals surface area contributed by atoms with Gasteiger partial charge in [-0.2, -0.15) is 7.05 Å². The van der Waals surface area contributed by atoms with Crippen LogP contribution < -0.4 is 5.32 Å². The van der Waals surface area contributed by atoms with Gasteiger partial charge < -0.3 is 18.1 Å². The maximum absolute atomic E-state index is 4.89. The van der Waals surface area contributed by atoms with E-state index in [2.05, 4.69) is 67.0 Å². The molecule has 32 heavy (non-hydrogen) atoms. The van der Waals surface area contributed by atoms with E-state index in [0.29, 0.717) is 0 Å². The van der Waals surface area contributed by atoms with Gasteiger partial charge in [0, 0.05) is 0 Å². The van der Waals surface area contributed by atoms with Crippen molar-refractivity contribution in [3.05, 3.63) is 77.0 Å². The summed E-state index contributed by atoms with van der Waals surface area (Å²) in [6.45, 7) is 6.66. The van der Waals surface area contributed by atoms with Crippen molar-refractivity contribution in [1.82, 2.24) is 5.32 Å². The Morgan fingerprint density at radius 2 is 1.94 bits per heavy atom. The summed E-state index contributed by atoms with van der Waals surface area (Å²) in [6.07, 6.45) is 15.5. The van der Waals surface area contributed by atoms with Crippen LogP contribution >= 0.6 is 18.6 Å². The summed E-state index contributed by atoms with van der Waals surface area (Å²) in [6, 6.07) is 6.64. The fourth-order valence-electron chi connectivity index (χ4n) is 5.02. The van der Waals surface area contributed by atoms with Crippen LogP contribution in [0, 0.1) is 25.2 Å².